The van der Waals surface area contributed by atoms with Gasteiger partial charge in [0.1, 0.15) is 23.1 Å². The van der Waals surface area contributed by atoms with E-state index in [1.165, 1.54) is 6.07 Å². The molecule has 2 aromatic carbocycles. The Labute approximate surface area is 237 Å². The molecule has 0 saturated heterocycles. The molecule has 10 heteroatoms. The fourth-order valence-electron chi connectivity index (χ4n) is 6.75. The van der Waals surface area contributed by atoms with Gasteiger partial charge in [-0.3, -0.25) is 14.5 Å². The lowest BCUT2D eigenvalue weighted by Gasteiger charge is -2.52. The van der Waals surface area contributed by atoms with Gasteiger partial charge < -0.3 is 31.5 Å². The van der Waals surface area contributed by atoms with Gasteiger partial charge in [-0.1, -0.05) is 36.9 Å². The summed E-state index contributed by atoms with van der Waals surface area (Å²) in [6, 6.07) is 10.1. The number of rotatable bonds is 7. The molecular weight excluding hydrogens is 529 g/mol. The van der Waals surface area contributed by atoms with Gasteiger partial charge in [0.15, 0.2) is 11.4 Å². The molecule has 0 spiro atoms. The van der Waals surface area contributed by atoms with Crippen LogP contribution in [0.15, 0.2) is 65.5 Å². The van der Waals surface area contributed by atoms with Gasteiger partial charge >= 0.3 is 0 Å². The summed E-state index contributed by atoms with van der Waals surface area (Å²) in [5, 5.41) is 48.1. The lowest BCUT2D eigenvalue weighted by atomic mass is 9.56. The van der Waals surface area contributed by atoms with Gasteiger partial charge in [-0.2, -0.15) is 0 Å². The lowest BCUT2D eigenvalue weighted by molar-refractivity contribution is -0.143. The molecule has 9 nitrogen and oxygen atoms in total. The average molecular weight is 564 g/mol. The number of phenols is 1. The predicted octanol–water partition coefficient (Wildman–Crippen LogP) is 2.42. The van der Waals surface area contributed by atoms with Gasteiger partial charge in [0.25, 0.3) is 5.91 Å². The maximum absolute atomic E-state index is 15.9. The Hall–Kier alpha value is -3.99. The molecule has 0 aliphatic heterocycles. The second-order valence-corrected chi connectivity index (χ2v) is 11.2. The largest absolute Gasteiger partial charge is 0.510 e. The van der Waals surface area contributed by atoms with E-state index >= 15 is 4.39 Å². The number of primary amides is 1. The average Bonchev–Trinajstić information content (AvgIpc) is 2.91. The monoisotopic (exact) mass is 563 g/mol. The van der Waals surface area contributed by atoms with Gasteiger partial charge in [0, 0.05) is 34.7 Å². The van der Waals surface area contributed by atoms with Crippen LogP contribution in [0.25, 0.3) is 5.76 Å². The first-order valence-corrected chi connectivity index (χ1v) is 13.5. The summed E-state index contributed by atoms with van der Waals surface area (Å²) in [5.74, 6) is -5.70. The number of benzene rings is 2. The lowest BCUT2D eigenvalue weighted by Crippen LogP contribution is -2.63. The van der Waals surface area contributed by atoms with Crippen LogP contribution in [-0.4, -0.2) is 69.3 Å². The van der Waals surface area contributed by atoms with Crippen LogP contribution in [0, 0.1) is 17.7 Å². The Kier molecular flexibility index (Phi) is 7.27. The summed E-state index contributed by atoms with van der Waals surface area (Å²) in [6.45, 7) is 4.46. The fourth-order valence-corrected chi connectivity index (χ4v) is 6.75. The summed E-state index contributed by atoms with van der Waals surface area (Å²) < 4.78 is 15.9. The van der Waals surface area contributed by atoms with E-state index in [4.69, 9.17) is 5.73 Å². The first-order chi connectivity index (χ1) is 19.4. The Bertz CT molecular complexity index is 1520. The van der Waals surface area contributed by atoms with Crippen molar-refractivity contribution in [2.75, 3.05) is 20.6 Å². The highest BCUT2D eigenvalue weighted by Crippen LogP contribution is 2.54. The van der Waals surface area contributed by atoms with Crippen LogP contribution >= 0.6 is 0 Å². The molecule has 7 N–H and O–H groups in total. The van der Waals surface area contributed by atoms with Crippen LogP contribution in [0.3, 0.4) is 0 Å². The second kappa shape index (κ2) is 10.4. The maximum Gasteiger partial charge on any atom is 0.252 e. The zero-order valence-corrected chi connectivity index (χ0v) is 22.9. The molecule has 4 atom stereocenters. The first kappa shape index (κ1) is 28.5. The van der Waals surface area contributed by atoms with E-state index in [2.05, 4.69) is 11.9 Å². The Balaban J connectivity index is 1.50. The minimum atomic E-state index is -2.36. The Morgan fingerprint density at radius 2 is 1.90 bits per heavy atom. The topological polar surface area (TPSA) is 156 Å². The van der Waals surface area contributed by atoms with Crippen molar-refractivity contribution in [3.05, 3.63) is 93.5 Å². The molecule has 0 unspecified atom stereocenters. The SMILES string of the molecule is C=C1C(C(N)=O)=C(O)[C@@H](N(C)C)[C@@H]2C[C@@H]3Cc4c(F)c(CNCCc5ccccc5)cc(O)c4C(O)=C3C(=O)[C@]12O. The molecule has 0 radical (unpaired) electrons. The molecular formula is C31H34FN3O6. The number of nitrogens with zero attached hydrogens (tertiary/aromatic N) is 1. The van der Waals surface area contributed by atoms with Crippen LogP contribution in [0.1, 0.15) is 28.7 Å². The van der Waals surface area contributed by atoms with Crippen molar-refractivity contribution in [2.24, 2.45) is 17.6 Å². The summed E-state index contributed by atoms with van der Waals surface area (Å²) in [5.41, 5.74) is 3.37. The molecule has 1 fully saturated rings. The number of phenolic OH excluding ortho intramolecular Hbond substituents is 1. The number of aliphatic hydroxyl groups excluding tert-OH is 2. The van der Waals surface area contributed by atoms with Gasteiger partial charge in [0.05, 0.1) is 17.2 Å². The van der Waals surface area contributed by atoms with Crippen LogP contribution in [0.4, 0.5) is 4.39 Å². The molecule has 1 amide bonds. The van der Waals surface area contributed by atoms with Crippen LogP contribution in [0.5, 0.6) is 5.75 Å². The van der Waals surface area contributed by atoms with Gasteiger partial charge in [0.2, 0.25) is 0 Å². The standard InChI is InChI=1S/C31H34FN3O6/c1-15-22(30(33)40)28(38)26(35(2)3)20-12-17-11-19-24(27(37)23(17)29(39)31(15,20)41)21(36)13-18(25(19)32)14-34-10-9-16-7-5-4-6-8-16/h4-8,13,17,20,26,34,36-38,41H,1,9-12,14H2,2-3H3,(H2,33,40)/t17-,20-,26-,31-/m0/s1. The number of carbonyl (C=O) groups is 2. The Morgan fingerprint density at radius 3 is 2.54 bits per heavy atom. The molecule has 3 aliphatic rings. The minimum Gasteiger partial charge on any atom is -0.510 e. The van der Waals surface area contributed by atoms with Gasteiger partial charge in [-0.25, -0.2) is 4.39 Å². The molecule has 0 aromatic heterocycles. The van der Waals surface area contributed by atoms with Crippen molar-refractivity contribution >= 4 is 17.4 Å². The number of aromatic hydroxyl groups is 1. The Morgan fingerprint density at radius 1 is 1.22 bits per heavy atom. The smallest absolute Gasteiger partial charge is 0.252 e. The molecule has 2 aromatic rings. The first-order valence-electron chi connectivity index (χ1n) is 13.5. The minimum absolute atomic E-state index is 0.0237. The molecule has 3 aliphatic carbocycles. The number of amides is 1. The third-order valence-corrected chi connectivity index (χ3v) is 8.66. The molecule has 0 heterocycles. The number of ketones is 1. The zero-order valence-electron chi connectivity index (χ0n) is 22.9. The summed E-state index contributed by atoms with van der Waals surface area (Å²) in [4.78, 5) is 27.7. The highest BCUT2D eigenvalue weighted by Gasteiger charge is 2.62. The number of halogens is 1. The van der Waals surface area contributed by atoms with Crippen molar-refractivity contribution in [3.8, 4) is 5.75 Å². The third kappa shape index (κ3) is 4.43. The predicted molar refractivity (Wildman–Crippen MR) is 150 cm³/mol. The highest BCUT2D eigenvalue weighted by atomic mass is 19.1. The number of aliphatic hydroxyl groups is 3. The normalized spacial score (nSPS) is 25.7. The van der Waals surface area contributed by atoms with Crippen molar-refractivity contribution in [1.29, 1.82) is 0 Å². The fraction of sp³-hybridized carbons (Fsp3) is 0.355. The number of carbonyl (C=O) groups excluding carboxylic acids is 2. The third-order valence-electron chi connectivity index (χ3n) is 8.66. The van der Waals surface area contributed by atoms with E-state index in [-0.39, 0.29) is 47.2 Å². The maximum atomic E-state index is 15.9. The van der Waals surface area contributed by atoms with E-state index in [0.717, 1.165) is 12.0 Å². The zero-order chi connectivity index (χ0) is 29.8. The number of fused-ring (bicyclic) bond motifs is 3. The van der Waals surface area contributed by atoms with Crippen molar-refractivity contribution in [3.63, 3.8) is 0 Å². The number of nitrogens with two attached hydrogens (primary N) is 1. The van der Waals surface area contributed by atoms with E-state index in [1.54, 1.807) is 19.0 Å². The number of nitrogens with one attached hydrogen (secondary N) is 1. The summed E-state index contributed by atoms with van der Waals surface area (Å²) in [7, 11) is 3.23. The van der Waals surface area contributed by atoms with Gasteiger partial charge in [-0.05, 0) is 57.5 Å². The summed E-state index contributed by atoms with van der Waals surface area (Å²) in [6.07, 6.45) is 0.765. The van der Waals surface area contributed by atoms with Crippen molar-refractivity contribution in [1.82, 2.24) is 10.2 Å². The molecule has 1 saturated carbocycles. The van der Waals surface area contributed by atoms with Gasteiger partial charge in [-0.15, -0.1) is 0 Å². The van der Waals surface area contributed by atoms with E-state index in [9.17, 15) is 30.0 Å². The number of hydrogen-bond acceptors (Lipinski definition) is 8. The highest BCUT2D eigenvalue weighted by molar-refractivity contribution is 6.13. The number of likely N-dealkylation sites (N-methyl/N-ethyl adjacent to an activating group) is 1. The molecule has 216 valence electrons. The molecule has 0 bridgehead atoms. The van der Waals surface area contributed by atoms with Crippen LogP contribution < -0.4 is 11.1 Å². The van der Waals surface area contributed by atoms with E-state index < -0.39 is 63.8 Å². The quantitative estimate of drug-likeness (QED) is 0.281. The van der Waals surface area contributed by atoms with Crippen LogP contribution in [0.2, 0.25) is 0 Å². The molecule has 5 rings (SSSR count). The number of hydrogen-bond donors (Lipinski definition) is 6. The van der Waals surface area contributed by atoms with Crippen LogP contribution in [-0.2, 0) is 29.0 Å². The summed E-state index contributed by atoms with van der Waals surface area (Å²) >= 11 is 0. The van der Waals surface area contributed by atoms with E-state index in [1.807, 2.05) is 30.3 Å². The van der Waals surface area contributed by atoms with E-state index in [0.29, 0.717) is 6.54 Å². The molecule has 41 heavy (non-hydrogen) atoms. The second-order valence-electron chi connectivity index (χ2n) is 11.2. The van der Waals surface area contributed by atoms with Crippen molar-refractivity contribution in [2.45, 2.75) is 37.5 Å². The van der Waals surface area contributed by atoms with Crippen molar-refractivity contribution < 1.29 is 34.4 Å². The number of Topliss-reactive ketones (excluding diaryl/α,β-unsaturated/α-hetero) is 1.